The summed E-state index contributed by atoms with van der Waals surface area (Å²) in [6.45, 7) is 0. The van der Waals surface area contributed by atoms with Crippen molar-refractivity contribution in [1.29, 1.82) is 0 Å². The summed E-state index contributed by atoms with van der Waals surface area (Å²) in [7, 11) is 0. The minimum absolute atomic E-state index is 0. The average Bonchev–Trinajstić information content (AvgIpc) is 2.23. The summed E-state index contributed by atoms with van der Waals surface area (Å²) in [5, 5.41) is 0. The monoisotopic (exact) mass is 207 g/mol. The van der Waals surface area contributed by atoms with E-state index in [1.54, 1.807) is 0 Å². The molecular formula is C6H8BrTi-. The van der Waals surface area contributed by atoms with Crippen molar-refractivity contribution in [2.24, 2.45) is 0 Å². The van der Waals surface area contributed by atoms with Gasteiger partial charge in [-0.05, 0) is 5.83 Å². The molecule has 0 amide bonds. The Hall–Kier alpha value is 0.674. The third-order valence-corrected chi connectivity index (χ3v) is 0.586. The van der Waals surface area contributed by atoms with Gasteiger partial charge in [-0.1, -0.05) is 15.9 Å². The number of rotatable bonds is 0. The van der Waals surface area contributed by atoms with E-state index in [0.29, 0.717) is 0 Å². The molecular weight excluding hydrogens is 200 g/mol. The van der Waals surface area contributed by atoms with E-state index in [1.165, 1.54) is 0 Å². The van der Waals surface area contributed by atoms with E-state index < -0.39 is 0 Å². The molecule has 0 aromatic carbocycles. The first-order valence-corrected chi connectivity index (χ1v) is 3.68. The van der Waals surface area contributed by atoms with E-state index in [4.69, 9.17) is 0 Å². The summed E-state index contributed by atoms with van der Waals surface area (Å²) in [6, 6.07) is 0. The molecule has 0 nitrogen and oxygen atoms in total. The number of allylic oxidation sites excluding steroid dienone is 4. The summed E-state index contributed by atoms with van der Waals surface area (Å²) < 4.78 is 0. The fourth-order valence-corrected chi connectivity index (χ4v) is 0.340. The van der Waals surface area contributed by atoms with Gasteiger partial charge in [0.2, 0.25) is 0 Å². The first-order valence-electron chi connectivity index (χ1n) is 2.10. The van der Waals surface area contributed by atoms with Crippen molar-refractivity contribution in [3.8, 4) is 0 Å². The second-order valence-electron chi connectivity index (χ2n) is 1.00. The van der Waals surface area contributed by atoms with Gasteiger partial charge in [0.15, 0.2) is 0 Å². The quantitative estimate of drug-likeness (QED) is 0.325. The molecule has 0 saturated carbocycles. The molecule has 0 spiro atoms. The van der Waals surface area contributed by atoms with Crippen LogP contribution in [0.15, 0.2) is 18.2 Å². The van der Waals surface area contributed by atoms with E-state index in [1.807, 2.05) is 18.0 Å². The molecule has 0 atom stereocenters. The molecule has 1 aliphatic rings. The average molecular weight is 208 g/mol. The summed E-state index contributed by atoms with van der Waals surface area (Å²) in [5.41, 5.74) is 0. The Balaban J connectivity index is 0. The van der Waals surface area contributed by atoms with Gasteiger partial charge in [-0.2, -0.15) is 6.08 Å². The fourth-order valence-electron chi connectivity index (χ4n) is 0.340. The van der Waals surface area contributed by atoms with Gasteiger partial charge in [-0.3, -0.25) is 6.08 Å². The van der Waals surface area contributed by atoms with Gasteiger partial charge in [-0.15, -0.1) is 6.42 Å². The standard InChI is InChI=1S/C5H5.CH3Br.Ti/c1-2-4-5-3-1;1-2;/h1-3H,4H2;1H3;/q-1;;. The van der Waals surface area contributed by atoms with E-state index >= 15 is 0 Å². The van der Waals surface area contributed by atoms with Gasteiger partial charge in [0, 0.05) is 21.7 Å². The minimum atomic E-state index is 0. The van der Waals surface area contributed by atoms with Gasteiger partial charge in [0.25, 0.3) is 0 Å². The molecule has 0 heterocycles. The van der Waals surface area contributed by atoms with Gasteiger partial charge in [0.1, 0.15) is 0 Å². The zero-order valence-corrected chi connectivity index (χ0v) is 7.96. The molecule has 0 unspecified atom stereocenters. The maximum absolute atomic E-state index is 2.99. The summed E-state index contributed by atoms with van der Waals surface area (Å²) in [5.74, 6) is 1.81. The normalized spacial score (nSPS) is 11.8. The molecule has 0 saturated heterocycles. The zero-order chi connectivity index (χ0) is 5.54. The molecule has 0 fully saturated rings. The largest absolute Gasteiger partial charge is 0.273 e. The minimum Gasteiger partial charge on any atom is -0.273 e. The SMILES string of the molecule is CBr.[C-]1=CC=CC1.[Ti]. The van der Waals surface area contributed by atoms with Crippen LogP contribution in [0, 0.1) is 6.08 Å². The van der Waals surface area contributed by atoms with Crippen LogP contribution in [0.1, 0.15) is 6.42 Å². The predicted octanol–water partition coefficient (Wildman–Crippen LogP) is 2.31. The molecule has 0 radical (unpaired) electrons. The van der Waals surface area contributed by atoms with Crippen LogP contribution < -0.4 is 0 Å². The molecule has 0 aromatic rings. The van der Waals surface area contributed by atoms with Crippen molar-refractivity contribution in [2.75, 3.05) is 5.83 Å². The topological polar surface area (TPSA) is 0 Å². The first-order chi connectivity index (χ1) is 3.50. The van der Waals surface area contributed by atoms with Crippen molar-refractivity contribution in [1.82, 2.24) is 0 Å². The van der Waals surface area contributed by atoms with Crippen LogP contribution in [0.2, 0.25) is 0 Å². The van der Waals surface area contributed by atoms with Gasteiger partial charge < -0.3 is 0 Å². The van der Waals surface area contributed by atoms with Crippen LogP contribution >= 0.6 is 15.9 Å². The van der Waals surface area contributed by atoms with Gasteiger partial charge in [-0.25, -0.2) is 12.2 Å². The number of halogens is 1. The van der Waals surface area contributed by atoms with Crippen LogP contribution in [0.4, 0.5) is 0 Å². The Morgan fingerprint density at radius 3 is 2.25 bits per heavy atom. The second kappa shape index (κ2) is 10.6. The van der Waals surface area contributed by atoms with Crippen LogP contribution in [0.3, 0.4) is 0 Å². The van der Waals surface area contributed by atoms with Crippen molar-refractivity contribution >= 4 is 15.9 Å². The Kier molecular flexibility index (Phi) is 15.2. The Morgan fingerprint density at radius 1 is 1.50 bits per heavy atom. The Morgan fingerprint density at radius 2 is 2.12 bits per heavy atom. The van der Waals surface area contributed by atoms with Crippen LogP contribution in [-0.4, -0.2) is 5.83 Å². The van der Waals surface area contributed by atoms with E-state index in [2.05, 4.69) is 28.1 Å². The van der Waals surface area contributed by atoms with Crippen molar-refractivity contribution in [3.63, 3.8) is 0 Å². The molecule has 0 N–H and O–H groups in total. The molecule has 1 rings (SSSR count). The molecule has 0 aliphatic heterocycles. The summed E-state index contributed by atoms with van der Waals surface area (Å²) >= 11 is 2.94. The Labute approximate surface area is 74.1 Å². The maximum Gasteiger partial charge on any atom is 0 e. The smallest absolute Gasteiger partial charge is 0 e. The third-order valence-electron chi connectivity index (χ3n) is 0.586. The molecule has 0 bridgehead atoms. The first kappa shape index (κ1) is 11.5. The van der Waals surface area contributed by atoms with E-state index in [9.17, 15) is 0 Å². The maximum atomic E-state index is 2.99. The number of hydrogen-bond donors (Lipinski definition) is 0. The number of hydrogen-bond acceptors (Lipinski definition) is 0. The van der Waals surface area contributed by atoms with E-state index in [0.717, 1.165) is 6.42 Å². The van der Waals surface area contributed by atoms with Gasteiger partial charge >= 0.3 is 0 Å². The molecule has 0 aromatic heterocycles. The fraction of sp³-hybridized carbons (Fsp3) is 0.333. The molecule has 44 valence electrons. The summed E-state index contributed by atoms with van der Waals surface area (Å²) in [4.78, 5) is 0. The van der Waals surface area contributed by atoms with Crippen LogP contribution in [0.25, 0.3) is 0 Å². The van der Waals surface area contributed by atoms with E-state index in [-0.39, 0.29) is 21.7 Å². The predicted molar refractivity (Wildman–Crippen MR) is 36.4 cm³/mol. The van der Waals surface area contributed by atoms with Crippen LogP contribution in [0.5, 0.6) is 0 Å². The van der Waals surface area contributed by atoms with Crippen molar-refractivity contribution < 1.29 is 21.7 Å². The van der Waals surface area contributed by atoms with Crippen LogP contribution in [-0.2, 0) is 21.7 Å². The third kappa shape index (κ3) is 6.67. The summed E-state index contributed by atoms with van der Waals surface area (Å²) in [6.07, 6.45) is 10.0. The molecule has 8 heavy (non-hydrogen) atoms. The Bertz CT molecular complexity index is 66.6. The zero-order valence-electron chi connectivity index (χ0n) is 4.82. The van der Waals surface area contributed by atoms with Crippen molar-refractivity contribution in [2.45, 2.75) is 6.42 Å². The van der Waals surface area contributed by atoms with Gasteiger partial charge in [0.05, 0.1) is 0 Å². The van der Waals surface area contributed by atoms with Crippen molar-refractivity contribution in [3.05, 3.63) is 24.3 Å². The molecule has 2 heteroatoms. The molecule has 1 aliphatic carbocycles. The number of alkyl halides is 1. The second-order valence-corrected chi connectivity index (χ2v) is 1.00.